The lowest BCUT2D eigenvalue weighted by atomic mass is 10.1. The third-order valence-electron chi connectivity index (χ3n) is 13.4. The van der Waals surface area contributed by atoms with Gasteiger partial charge in [-0.25, -0.2) is 65.1 Å². The van der Waals surface area contributed by atoms with Gasteiger partial charge in [-0.2, -0.15) is 0 Å². The number of aromatic nitrogens is 12. The molecule has 1 aliphatic heterocycles. The van der Waals surface area contributed by atoms with Crippen LogP contribution in [0.3, 0.4) is 0 Å². The Morgan fingerprint density at radius 3 is 1.48 bits per heavy atom. The maximum atomic E-state index is 13.3. The average Bonchev–Trinajstić information content (AvgIpc) is 1.79. The Hall–Kier alpha value is -9.55. The number of carbonyl (C=O) groups is 3. The number of benzene rings is 3. The van der Waals surface area contributed by atoms with E-state index < -0.39 is 47.4 Å². The summed E-state index contributed by atoms with van der Waals surface area (Å²) in [6.45, 7) is 10.3. The number of carbonyl (C=O) groups excluding carboxylic acids is 3. The first-order chi connectivity index (χ1) is 43.2. The minimum absolute atomic E-state index is 0.0160. The number of imidazole rings is 1. The third kappa shape index (κ3) is 14.1. The first-order valence-electron chi connectivity index (χ1n) is 26.6. The van der Waals surface area contributed by atoms with E-state index in [1.54, 1.807) is 66.1 Å². The highest BCUT2D eigenvalue weighted by atomic mass is 35.5. The standard InChI is InChI=1S/C21H18ClN5O3S.C19H13Cl2N5O3S.C19H15ClN6O3S/c1-11-8-17(27-31(29,30)14-4-5-16(22)12(2)9-14)19(24-10-11)20(28)18-15-6-7-23-21(15)26-13(3)25-18;1-10-6-12(2-3-13(10)21)30(28,29)26-15-7-11(20)8-23-17(15)19(27)18-16-14(4-5-22-16)24-9-25-18;1-10-5-14(26-30(28,29)12-3-4-13(20)11(2)6-12)15(21-7-10)18(27)16-17-19(24-8-22-16)25-9-23-17/h4-10,27H,1-3H3,(H,23,25,26);2-3,5-9,26H,4H2,1H3;3-9,26H,1-2H3,(H,22,23,24,25). The number of pyridine rings is 3. The lowest BCUT2D eigenvalue weighted by molar-refractivity contribution is 0.102. The number of fused-ring (bicyclic) bond motifs is 3. The number of nitrogens with one attached hydrogen (secondary N) is 5. The Balaban J connectivity index is 0.000000150. The highest BCUT2D eigenvalue weighted by Gasteiger charge is 2.29. The predicted molar refractivity (Wildman–Crippen MR) is 343 cm³/mol. The van der Waals surface area contributed by atoms with Gasteiger partial charge in [0, 0.05) is 57.9 Å². The number of aryl methyl sites for hydroxylation is 6. The van der Waals surface area contributed by atoms with Crippen LogP contribution < -0.4 is 14.2 Å². The summed E-state index contributed by atoms with van der Waals surface area (Å²) in [5, 5.41) is 2.03. The van der Waals surface area contributed by atoms with E-state index in [1.807, 2.05) is 0 Å². The van der Waals surface area contributed by atoms with Crippen LogP contribution in [0.15, 0.2) is 142 Å². The summed E-state index contributed by atoms with van der Waals surface area (Å²) in [5.74, 6) is -1.28. The molecule has 462 valence electrons. The molecule has 91 heavy (non-hydrogen) atoms. The normalized spacial score (nSPS) is 11.9. The van der Waals surface area contributed by atoms with Crippen molar-refractivity contribution < 1.29 is 39.6 Å². The Labute approximate surface area is 538 Å². The maximum Gasteiger partial charge on any atom is 0.261 e. The SMILES string of the molecule is Cc1cc(S(=O)(=O)Nc2cc(Cl)cnc2C(=O)c2ncnc3c2N=CC3)ccc1Cl.Cc1cnc(C(=O)c2nc(C)nc3[nH]ccc23)c(NS(=O)(=O)c2ccc(Cl)c(C)c2)c1.Cc1cnc(C(=O)c2ncnc3nc[nH]c23)c(NS(=O)(=O)c2ccc(Cl)c(C)c2)c1. The Morgan fingerprint density at radius 1 is 0.484 bits per heavy atom. The number of rotatable bonds is 15. The van der Waals surface area contributed by atoms with Crippen molar-refractivity contribution in [3.8, 4) is 0 Å². The van der Waals surface area contributed by atoms with Gasteiger partial charge in [-0.15, -0.1) is 0 Å². The van der Waals surface area contributed by atoms with E-state index in [9.17, 15) is 39.6 Å². The molecule has 5 N–H and O–H groups in total. The van der Waals surface area contributed by atoms with Gasteiger partial charge < -0.3 is 9.97 Å². The van der Waals surface area contributed by atoms with Crippen molar-refractivity contribution in [2.24, 2.45) is 4.99 Å². The van der Waals surface area contributed by atoms with Crippen LogP contribution in [-0.4, -0.2) is 109 Å². The fourth-order valence-electron chi connectivity index (χ4n) is 8.91. The molecule has 0 spiro atoms. The average molecular weight is 1360 g/mol. The van der Waals surface area contributed by atoms with Gasteiger partial charge >= 0.3 is 0 Å². The molecule has 9 heterocycles. The van der Waals surface area contributed by atoms with Crippen LogP contribution in [0, 0.1) is 41.5 Å². The van der Waals surface area contributed by atoms with Gasteiger partial charge in [0.1, 0.15) is 69.5 Å². The highest BCUT2D eigenvalue weighted by molar-refractivity contribution is 7.93. The molecule has 0 saturated heterocycles. The number of ketones is 3. The Kier molecular flexibility index (Phi) is 18.5. The second-order valence-electron chi connectivity index (χ2n) is 20.1. The van der Waals surface area contributed by atoms with Gasteiger partial charge in [-0.1, -0.05) is 46.4 Å². The Morgan fingerprint density at radius 2 is 0.956 bits per heavy atom. The van der Waals surface area contributed by atoms with E-state index in [0.717, 1.165) is 0 Å². The van der Waals surface area contributed by atoms with Gasteiger partial charge in [0.25, 0.3) is 30.1 Å². The summed E-state index contributed by atoms with van der Waals surface area (Å²) in [6.07, 6.45) is 11.9. The second-order valence-corrected chi connectivity index (χ2v) is 26.8. The van der Waals surface area contributed by atoms with Crippen molar-refractivity contribution in [2.45, 2.75) is 62.6 Å². The van der Waals surface area contributed by atoms with Gasteiger partial charge in [0.05, 0.1) is 48.8 Å². The number of aliphatic imine (C=N–C) groups is 1. The maximum absolute atomic E-state index is 13.3. The molecule has 0 fully saturated rings. The monoisotopic (exact) mass is 1360 g/mol. The zero-order chi connectivity index (χ0) is 65.3. The molecule has 0 unspecified atom stereocenters. The van der Waals surface area contributed by atoms with Crippen LogP contribution in [0.1, 0.15) is 87.9 Å². The first-order valence-corrected chi connectivity index (χ1v) is 32.6. The van der Waals surface area contributed by atoms with Crippen LogP contribution in [0.5, 0.6) is 0 Å². The number of H-pyrrole nitrogens is 2. The zero-order valence-electron chi connectivity index (χ0n) is 48.2. The van der Waals surface area contributed by atoms with E-state index in [4.69, 9.17) is 46.4 Å². The van der Waals surface area contributed by atoms with Gasteiger partial charge in [0.2, 0.25) is 17.3 Å². The van der Waals surface area contributed by atoms with E-state index in [0.29, 0.717) is 88.7 Å². The molecule has 0 atom stereocenters. The summed E-state index contributed by atoms with van der Waals surface area (Å²) in [6, 6.07) is 19.1. The summed E-state index contributed by atoms with van der Waals surface area (Å²) in [7, 11) is -12.0. The molecule has 0 radical (unpaired) electrons. The molecule has 32 heteroatoms. The fourth-order valence-corrected chi connectivity index (χ4v) is 12.8. The lowest BCUT2D eigenvalue weighted by Gasteiger charge is -2.13. The number of nitrogens with zero attached hydrogens (tertiary/aromatic N) is 11. The molecule has 8 aromatic heterocycles. The van der Waals surface area contributed by atoms with E-state index in [-0.39, 0.29) is 70.9 Å². The molecule has 11 aromatic rings. The van der Waals surface area contributed by atoms with Crippen LogP contribution >= 0.6 is 46.4 Å². The van der Waals surface area contributed by atoms with Crippen LogP contribution in [0.2, 0.25) is 20.1 Å². The van der Waals surface area contributed by atoms with Gasteiger partial charge in [-0.05, 0) is 148 Å². The molecule has 0 bridgehead atoms. The van der Waals surface area contributed by atoms with Crippen molar-refractivity contribution in [3.63, 3.8) is 0 Å². The first kappa shape index (κ1) is 64.4. The summed E-state index contributed by atoms with van der Waals surface area (Å²) >= 11 is 24.0. The van der Waals surface area contributed by atoms with Gasteiger partial charge in [-0.3, -0.25) is 43.5 Å². The summed E-state index contributed by atoms with van der Waals surface area (Å²) < 4.78 is 84.9. The van der Waals surface area contributed by atoms with Crippen LogP contribution in [0.25, 0.3) is 22.2 Å². The quantitative estimate of drug-likeness (QED) is 0.0595. The number of anilines is 3. The zero-order valence-corrected chi connectivity index (χ0v) is 53.6. The number of sulfonamides is 3. The van der Waals surface area contributed by atoms with Crippen molar-refractivity contribution in [3.05, 3.63) is 216 Å². The molecule has 12 rings (SSSR count). The lowest BCUT2D eigenvalue weighted by Crippen LogP contribution is -2.18. The molecule has 25 nitrogen and oxygen atoms in total. The molecular formula is C59H46Cl4N16O9S3. The van der Waals surface area contributed by atoms with E-state index in [1.165, 1.54) is 104 Å². The third-order valence-corrected chi connectivity index (χ3v) is 19.0. The highest BCUT2D eigenvalue weighted by Crippen LogP contribution is 2.33. The number of aromatic amines is 2. The summed E-state index contributed by atoms with van der Waals surface area (Å²) in [5.41, 5.74) is 5.26. The summed E-state index contributed by atoms with van der Waals surface area (Å²) in [4.78, 5) is 90.7. The molecule has 0 amide bonds. The van der Waals surface area contributed by atoms with Gasteiger partial charge in [0.15, 0.2) is 5.65 Å². The van der Waals surface area contributed by atoms with Crippen LogP contribution in [-0.2, 0) is 36.5 Å². The van der Waals surface area contributed by atoms with Crippen LogP contribution in [0.4, 0.5) is 22.7 Å². The smallest absolute Gasteiger partial charge is 0.261 e. The number of hydrogen-bond donors (Lipinski definition) is 5. The molecule has 0 aliphatic carbocycles. The Bertz CT molecular complexity index is 5190. The number of halogens is 4. The van der Waals surface area contributed by atoms with Crippen molar-refractivity contribution >= 4 is 145 Å². The minimum atomic E-state index is -4.04. The predicted octanol–water partition coefficient (Wildman–Crippen LogP) is 10.8. The van der Waals surface area contributed by atoms with Crippen molar-refractivity contribution in [2.75, 3.05) is 14.2 Å². The van der Waals surface area contributed by atoms with E-state index in [2.05, 4.69) is 79.0 Å². The minimum Gasteiger partial charge on any atom is -0.346 e. The number of hydrogen-bond acceptors (Lipinski definition) is 20. The molecule has 1 aliphatic rings. The molecule has 3 aromatic carbocycles. The molecule has 0 saturated carbocycles. The topological polar surface area (TPSA) is 363 Å². The fraction of sp³-hybridized carbons (Fsp3) is 0.119. The molecular weight excluding hydrogens is 1310 g/mol. The second kappa shape index (κ2) is 26.1. The van der Waals surface area contributed by atoms with E-state index >= 15 is 0 Å². The van der Waals surface area contributed by atoms with Crippen molar-refractivity contribution in [1.29, 1.82) is 0 Å². The van der Waals surface area contributed by atoms with Crippen molar-refractivity contribution in [1.82, 2.24) is 59.8 Å². The largest absolute Gasteiger partial charge is 0.346 e.